The molecule has 0 aliphatic heterocycles. The molecule has 130 valence electrons. The van der Waals surface area contributed by atoms with Crippen LogP contribution in [0.15, 0.2) is 48.6 Å². The molecule has 8 nitrogen and oxygen atoms in total. The van der Waals surface area contributed by atoms with Crippen LogP contribution < -0.4 is 15.8 Å². The van der Waals surface area contributed by atoms with Crippen LogP contribution in [0.25, 0.3) is 11.7 Å². The fourth-order valence-electron chi connectivity index (χ4n) is 2.01. The number of hydrogen-bond acceptors (Lipinski definition) is 6. The summed E-state index contributed by atoms with van der Waals surface area (Å²) in [5.74, 6) is -1.73. The molecule has 0 saturated heterocycles. The molecule has 0 radical (unpaired) electrons. The highest BCUT2D eigenvalue weighted by Gasteiger charge is 2.16. The number of carbonyl (C=O) groups is 1. The minimum Gasteiger partial charge on any atom is -0.494 e. The third kappa shape index (κ3) is 3.79. The Bertz CT molecular complexity index is 978. The number of halogens is 2. The fourth-order valence-corrected chi connectivity index (χ4v) is 2.32. The van der Waals surface area contributed by atoms with Gasteiger partial charge in [-0.05, 0) is 40.2 Å². The van der Waals surface area contributed by atoms with Gasteiger partial charge >= 0.3 is 5.76 Å². The smallest absolute Gasteiger partial charge is 0.437 e. The lowest BCUT2D eigenvalue weighted by Gasteiger charge is -2.07. The van der Waals surface area contributed by atoms with Crippen molar-refractivity contribution in [2.24, 2.45) is 0 Å². The first-order chi connectivity index (χ1) is 12.0. The quantitative estimate of drug-likeness (QED) is 0.692. The zero-order chi connectivity index (χ0) is 18.0. The van der Waals surface area contributed by atoms with Gasteiger partial charge in [-0.2, -0.15) is 4.68 Å². The number of anilines is 1. The van der Waals surface area contributed by atoms with Crippen LogP contribution in [0, 0.1) is 5.82 Å². The van der Waals surface area contributed by atoms with Crippen LogP contribution >= 0.6 is 15.9 Å². The number of nitrogens with one attached hydrogen (secondary N) is 1. The minimum absolute atomic E-state index is 0.0120. The van der Waals surface area contributed by atoms with Crippen LogP contribution in [0.2, 0.25) is 0 Å². The summed E-state index contributed by atoms with van der Waals surface area (Å²) in [6.07, 6.45) is 0. The number of rotatable bonds is 5. The molecule has 3 rings (SSSR count). The highest BCUT2D eigenvalue weighted by molar-refractivity contribution is 9.10. The fraction of sp³-hybridized carbons (Fsp3) is 0.133. The third-order valence-electron chi connectivity index (χ3n) is 3.12. The Kier molecular flexibility index (Phi) is 4.70. The Morgan fingerprint density at radius 2 is 2.16 bits per heavy atom. The highest BCUT2D eigenvalue weighted by Crippen LogP contribution is 2.23. The van der Waals surface area contributed by atoms with Crippen molar-refractivity contribution >= 4 is 27.5 Å². The predicted octanol–water partition coefficient (Wildman–Crippen LogP) is 2.65. The Hall–Kier alpha value is -2.88. The molecule has 1 amide bonds. The van der Waals surface area contributed by atoms with Gasteiger partial charge in [0.15, 0.2) is 22.0 Å². The molecule has 0 unspecified atom stereocenters. The molecule has 1 N–H and O–H groups in total. The van der Waals surface area contributed by atoms with E-state index in [-0.39, 0.29) is 23.9 Å². The van der Waals surface area contributed by atoms with Gasteiger partial charge in [-0.25, -0.2) is 9.18 Å². The number of hydrogen-bond donors (Lipinski definition) is 1. The Balaban J connectivity index is 1.73. The van der Waals surface area contributed by atoms with E-state index in [1.165, 1.54) is 19.2 Å². The predicted molar refractivity (Wildman–Crippen MR) is 87.7 cm³/mol. The number of aromatic nitrogens is 2. The number of methoxy groups -OCH3 is 1. The number of furan rings is 1. The van der Waals surface area contributed by atoms with Crippen LogP contribution in [0.1, 0.15) is 0 Å². The summed E-state index contributed by atoms with van der Waals surface area (Å²) < 4.78 is 29.7. The van der Waals surface area contributed by atoms with Gasteiger partial charge in [0.05, 0.1) is 7.11 Å². The van der Waals surface area contributed by atoms with Crippen molar-refractivity contribution in [3.05, 3.63) is 51.4 Å². The van der Waals surface area contributed by atoms with Crippen LogP contribution in [0.3, 0.4) is 0 Å². The molecule has 0 spiro atoms. The van der Waals surface area contributed by atoms with Crippen molar-refractivity contribution in [1.82, 2.24) is 9.78 Å². The molecule has 0 aliphatic rings. The zero-order valence-corrected chi connectivity index (χ0v) is 14.4. The first-order valence-electron chi connectivity index (χ1n) is 6.93. The van der Waals surface area contributed by atoms with E-state index < -0.39 is 17.5 Å². The maximum atomic E-state index is 13.4. The van der Waals surface area contributed by atoms with Gasteiger partial charge < -0.3 is 18.9 Å². The highest BCUT2D eigenvalue weighted by atomic mass is 79.9. The molecule has 2 heterocycles. The summed E-state index contributed by atoms with van der Waals surface area (Å²) in [6, 6.07) is 7.02. The van der Waals surface area contributed by atoms with Crippen molar-refractivity contribution in [3.63, 3.8) is 0 Å². The second-order valence-electron chi connectivity index (χ2n) is 4.83. The summed E-state index contributed by atoms with van der Waals surface area (Å²) in [5.41, 5.74) is 0.315. The van der Waals surface area contributed by atoms with Gasteiger partial charge in [-0.15, -0.1) is 5.10 Å². The molecule has 2 aromatic heterocycles. The van der Waals surface area contributed by atoms with Crippen LogP contribution in [0.5, 0.6) is 5.75 Å². The number of nitrogens with zero attached hydrogens (tertiary/aromatic N) is 2. The molecule has 0 saturated carbocycles. The molecule has 25 heavy (non-hydrogen) atoms. The number of carbonyl (C=O) groups excluding carboxylic acids is 1. The van der Waals surface area contributed by atoms with Crippen molar-refractivity contribution < 1.29 is 22.8 Å². The molecular weight excluding hydrogens is 401 g/mol. The summed E-state index contributed by atoms with van der Waals surface area (Å²) in [7, 11) is 1.31. The lowest BCUT2D eigenvalue weighted by atomic mass is 10.3. The Morgan fingerprint density at radius 1 is 1.36 bits per heavy atom. The standard InChI is InChI=1S/C15H11BrFN3O5/c1-23-11-6-8(2-3-9(11)17)18-13(21)7-20-15(22)25-14(19-20)10-4-5-12(16)24-10/h2-6H,7H2,1H3,(H,18,21). The van der Waals surface area contributed by atoms with E-state index in [1.807, 2.05) is 0 Å². The molecule has 10 heteroatoms. The normalized spacial score (nSPS) is 10.7. The third-order valence-corrected chi connectivity index (χ3v) is 3.54. The largest absolute Gasteiger partial charge is 0.494 e. The molecule has 3 aromatic rings. The number of ether oxygens (including phenoxy) is 1. The van der Waals surface area contributed by atoms with Gasteiger partial charge in [-0.3, -0.25) is 4.79 Å². The van der Waals surface area contributed by atoms with Crippen molar-refractivity contribution in [2.75, 3.05) is 12.4 Å². The van der Waals surface area contributed by atoms with E-state index in [0.717, 1.165) is 10.7 Å². The average molecular weight is 412 g/mol. The SMILES string of the molecule is COc1cc(NC(=O)Cn2nc(-c3ccc(Br)o3)oc2=O)ccc1F. The summed E-state index contributed by atoms with van der Waals surface area (Å²) in [4.78, 5) is 23.8. The first-order valence-corrected chi connectivity index (χ1v) is 7.72. The maximum absolute atomic E-state index is 13.4. The van der Waals surface area contributed by atoms with Crippen LogP contribution in [-0.4, -0.2) is 22.8 Å². The summed E-state index contributed by atoms with van der Waals surface area (Å²) >= 11 is 3.13. The second kappa shape index (κ2) is 6.93. The van der Waals surface area contributed by atoms with Crippen molar-refractivity contribution in [3.8, 4) is 17.4 Å². The molecule has 1 aromatic carbocycles. The van der Waals surface area contributed by atoms with Crippen molar-refractivity contribution in [2.45, 2.75) is 6.54 Å². The molecule has 0 aliphatic carbocycles. The summed E-state index contributed by atoms with van der Waals surface area (Å²) in [5, 5.41) is 6.41. The number of benzene rings is 1. The van der Waals surface area contributed by atoms with Crippen LogP contribution in [-0.2, 0) is 11.3 Å². The first kappa shape index (κ1) is 17.0. The lowest BCUT2D eigenvalue weighted by Crippen LogP contribution is -2.25. The molecule has 0 atom stereocenters. The summed E-state index contributed by atoms with van der Waals surface area (Å²) in [6.45, 7) is -0.385. The lowest BCUT2D eigenvalue weighted by molar-refractivity contribution is -0.117. The topological polar surface area (TPSA) is 99.5 Å². The molecular formula is C15H11BrFN3O5. The van der Waals surface area contributed by atoms with E-state index in [0.29, 0.717) is 10.4 Å². The van der Waals surface area contributed by atoms with Gasteiger partial charge in [0, 0.05) is 11.8 Å². The average Bonchev–Trinajstić information content (AvgIpc) is 3.15. The van der Waals surface area contributed by atoms with Gasteiger partial charge in [0.25, 0.3) is 5.89 Å². The van der Waals surface area contributed by atoms with Crippen LogP contribution in [0.4, 0.5) is 10.1 Å². The second-order valence-corrected chi connectivity index (χ2v) is 5.61. The molecule has 0 bridgehead atoms. The monoisotopic (exact) mass is 411 g/mol. The van der Waals surface area contributed by atoms with E-state index in [9.17, 15) is 14.0 Å². The maximum Gasteiger partial charge on any atom is 0.437 e. The molecule has 0 fully saturated rings. The van der Waals surface area contributed by atoms with Gasteiger partial charge in [0.1, 0.15) is 6.54 Å². The Labute approximate surface area is 148 Å². The van der Waals surface area contributed by atoms with E-state index in [2.05, 4.69) is 26.3 Å². The minimum atomic E-state index is -0.811. The van der Waals surface area contributed by atoms with Gasteiger partial charge in [-0.1, -0.05) is 0 Å². The van der Waals surface area contributed by atoms with Crippen molar-refractivity contribution in [1.29, 1.82) is 0 Å². The van der Waals surface area contributed by atoms with E-state index in [4.69, 9.17) is 13.6 Å². The van der Waals surface area contributed by atoms with E-state index in [1.54, 1.807) is 12.1 Å². The van der Waals surface area contributed by atoms with Gasteiger partial charge in [0.2, 0.25) is 5.91 Å². The Morgan fingerprint density at radius 3 is 2.84 bits per heavy atom. The van der Waals surface area contributed by atoms with E-state index >= 15 is 0 Å². The number of amides is 1. The zero-order valence-electron chi connectivity index (χ0n) is 12.8.